The van der Waals surface area contributed by atoms with Crippen molar-refractivity contribution >= 4 is 15.7 Å². The van der Waals surface area contributed by atoms with E-state index in [0.29, 0.717) is 17.2 Å². The standard InChI is InChI=1S/C19H29NO4S/c1-14-9-10-18(24-4)16(11-14)12-25(22,23)13-19(21)20(3)17-8-6-5-7-15(17)2/h9-11,15,17H,5-8,12-13H2,1-4H3. The van der Waals surface area contributed by atoms with Gasteiger partial charge in [0.25, 0.3) is 0 Å². The molecule has 1 aliphatic carbocycles. The predicted molar refractivity (Wildman–Crippen MR) is 99.4 cm³/mol. The lowest BCUT2D eigenvalue weighted by Gasteiger charge is -2.36. The Kier molecular flexibility index (Phi) is 6.49. The highest BCUT2D eigenvalue weighted by Gasteiger charge is 2.30. The van der Waals surface area contributed by atoms with Crippen LogP contribution in [0.2, 0.25) is 0 Å². The lowest BCUT2D eigenvalue weighted by Crippen LogP contribution is -2.45. The highest BCUT2D eigenvalue weighted by Crippen LogP contribution is 2.28. The van der Waals surface area contributed by atoms with Gasteiger partial charge in [0, 0.05) is 18.7 Å². The Labute approximate surface area is 151 Å². The third-order valence-corrected chi connectivity index (χ3v) is 6.55. The number of carbonyl (C=O) groups excluding carboxylic acids is 1. The Bertz CT molecular complexity index is 714. The number of nitrogens with zero attached hydrogens (tertiary/aromatic N) is 1. The molecule has 1 saturated carbocycles. The fourth-order valence-corrected chi connectivity index (χ4v) is 5.04. The van der Waals surface area contributed by atoms with Crippen molar-refractivity contribution in [1.29, 1.82) is 0 Å². The zero-order valence-corrected chi connectivity index (χ0v) is 16.4. The zero-order valence-electron chi connectivity index (χ0n) is 15.6. The molecular formula is C19H29NO4S. The number of hydrogen-bond acceptors (Lipinski definition) is 4. The van der Waals surface area contributed by atoms with Crippen LogP contribution >= 0.6 is 0 Å². The van der Waals surface area contributed by atoms with Gasteiger partial charge in [0.1, 0.15) is 11.5 Å². The van der Waals surface area contributed by atoms with Crippen molar-refractivity contribution < 1.29 is 17.9 Å². The van der Waals surface area contributed by atoms with Gasteiger partial charge in [-0.1, -0.05) is 37.5 Å². The summed E-state index contributed by atoms with van der Waals surface area (Å²) in [6.45, 7) is 4.04. The lowest BCUT2D eigenvalue weighted by molar-refractivity contribution is -0.130. The number of hydrogen-bond donors (Lipinski definition) is 0. The van der Waals surface area contributed by atoms with E-state index in [1.165, 1.54) is 13.5 Å². The SMILES string of the molecule is COc1ccc(C)cc1CS(=O)(=O)CC(=O)N(C)C1CCCCC1C. The van der Waals surface area contributed by atoms with Gasteiger partial charge in [-0.2, -0.15) is 0 Å². The van der Waals surface area contributed by atoms with Gasteiger partial charge < -0.3 is 9.64 Å². The molecule has 1 fully saturated rings. The minimum absolute atomic E-state index is 0.143. The van der Waals surface area contributed by atoms with E-state index in [1.807, 2.05) is 13.0 Å². The molecule has 1 aliphatic rings. The van der Waals surface area contributed by atoms with Crippen molar-refractivity contribution in [3.63, 3.8) is 0 Å². The van der Waals surface area contributed by atoms with Crippen LogP contribution in [0.5, 0.6) is 5.75 Å². The first-order valence-electron chi connectivity index (χ1n) is 8.83. The first-order valence-corrected chi connectivity index (χ1v) is 10.6. The van der Waals surface area contributed by atoms with Crippen molar-refractivity contribution in [3.05, 3.63) is 29.3 Å². The molecule has 0 bridgehead atoms. The number of methoxy groups -OCH3 is 1. The smallest absolute Gasteiger partial charge is 0.237 e. The molecule has 0 aromatic heterocycles. The van der Waals surface area contributed by atoms with E-state index in [-0.39, 0.29) is 17.7 Å². The zero-order chi connectivity index (χ0) is 18.6. The molecular weight excluding hydrogens is 338 g/mol. The number of carbonyl (C=O) groups is 1. The molecule has 1 aromatic rings. The number of amides is 1. The molecule has 2 unspecified atom stereocenters. The van der Waals surface area contributed by atoms with Gasteiger partial charge in [-0.15, -0.1) is 0 Å². The maximum absolute atomic E-state index is 12.6. The second-order valence-corrected chi connectivity index (χ2v) is 9.25. The molecule has 5 nitrogen and oxygen atoms in total. The van der Waals surface area contributed by atoms with Crippen molar-refractivity contribution in [2.75, 3.05) is 19.9 Å². The summed E-state index contributed by atoms with van der Waals surface area (Å²) < 4.78 is 30.4. The monoisotopic (exact) mass is 367 g/mol. The average Bonchev–Trinajstić information content (AvgIpc) is 2.54. The highest BCUT2D eigenvalue weighted by atomic mass is 32.2. The van der Waals surface area contributed by atoms with Crippen LogP contribution in [0.25, 0.3) is 0 Å². The first kappa shape index (κ1) is 19.8. The van der Waals surface area contributed by atoms with Crippen LogP contribution in [0.1, 0.15) is 43.7 Å². The van der Waals surface area contributed by atoms with Gasteiger partial charge in [0.15, 0.2) is 9.84 Å². The second kappa shape index (κ2) is 8.21. The largest absolute Gasteiger partial charge is 0.496 e. The van der Waals surface area contributed by atoms with Crippen molar-refractivity contribution in [2.45, 2.75) is 51.3 Å². The van der Waals surface area contributed by atoms with Gasteiger partial charge in [0.05, 0.1) is 12.9 Å². The summed E-state index contributed by atoms with van der Waals surface area (Å²) in [5.74, 6) is 0.00472. The lowest BCUT2D eigenvalue weighted by atomic mass is 9.85. The predicted octanol–water partition coefficient (Wildman–Crippen LogP) is 2.96. The van der Waals surface area contributed by atoms with Crippen LogP contribution in [-0.2, 0) is 20.4 Å². The molecule has 140 valence electrons. The summed E-state index contributed by atoms with van der Waals surface area (Å²) in [5.41, 5.74) is 1.56. The molecule has 2 atom stereocenters. The third-order valence-electron chi connectivity index (χ3n) is 5.11. The van der Waals surface area contributed by atoms with E-state index in [0.717, 1.165) is 24.8 Å². The van der Waals surface area contributed by atoms with Crippen molar-refractivity contribution in [1.82, 2.24) is 4.90 Å². The van der Waals surface area contributed by atoms with Crippen molar-refractivity contribution in [2.24, 2.45) is 5.92 Å². The molecule has 6 heteroatoms. The van der Waals surface area contributed by atoms with E-state index < -0.39 is 15.6 Å². The molecule has 2 rings (SSSR count). The first-order chi connectivity index (χ1) is 11.7. The van der Waals surface area contributed by atoms with Crippen LogP contribution < -0.4 is 4.74 Å². The molecule has 0 aliphatic heterocycles. The molecule has 1 aromatic carbocycles. The van der Waals surface area contributed by atoms with E-state index in [1.54, 1.807) is 24.1 Å². The second-order valence-electron chi connectivity index (χ2n) is 7.18. The van der Waals surface area contributed by atoms with Gasteiger partial charge in [0.2, 0.25) is 5.91 Å². The summed E-state index contributed by atoms with van der Waals surface area (Å²) in [4.78, 5) is 14.2. The Morgan fingerprint density at radius 1 is 1.28 bits per heavy atom. The number of sulfone groups is 1. The summed E-state index contributed by atoms with van der Waals surface area (Å²) in [6.07, 6.45) is 4.33. The van der Waals surface area contributed by atoms with Gasteiger partial charge >= 0.3 is 0 Å². The third kappa shape index (κ3) is 5.21. The van der Waals surface area contributed by atoms with E-state index in [2.05, 4.69) is 6.92 Å². The Morgan fingerprint density at radius 3 is 2.60 bits per heavy atom. The molecule has 0 N–H and O–H groups in total. The summed E-state index contributed by atoms with van der Waals surface area (Å²) in [6, 6.07) is 5.58. The number of aryl methyl sites for hydroxylation is 1. The maximum atomic E-state index is 12.6. The van der Waals surface area contributed by atoms with E-state index in [4.69, 9.17) is 4.74 Å². The molecule has 0 radical (unpaired) electrons. The van der Waals surface area contributed by atoms with Crippen molar-refractivity contribution in [3.8, 4) is 5.75 Å². The molecule has 0 spiro atoms. The van der Waals surface area contributed by atoms with Crippen LogP contribution in [0, 0.1) is 12.8 Å². The topological polar surface area (TPSA) is 63.7 Å². The van der Waals surface area contributed by atoms with Crippen LogP contribution in [0.3, 0.4) is 0 Å². The minimum atomic E-state index is -3.56. The maximum Gasteiger partial charge on any atom is 0.237 e. The minimum Gasteiger partial charge on any atom is -0.496 e. The Morgan fingerprint density at radius 2 is 1.96 bits per heavy atom. The Balaban J connectivity index is 2.07. The molecule has 0 heterocycles. The van der Waals surface area contributed by atoms with Gasteiger partial charge in [-0.25, -0.2) is 8.42 Å². The number of ether oxygens (including phenoxy) is 1. The summed E-state index contributed by atoms with van der Waals surface area (Å²) in [7, 11) is -0.304. The summed E-state index contributed by atoms with van der Waals surface area (Å²) in [5, 5.41) is 0. The van der Waals surface area contributed by atoms with Crippen LogP contribution in [-0.4, -0.2) is 45.2 Å². The van der Waals surface area contributed by atoms with E-state index in [9.17, 15) is 13.2 Å². The van der Waals surface area contributed by atoms with Gasteiger partial charge in [-0.3, -0.25) is 4.79 Å². The quantitative estimate of drug-likeness (QED) is 0.775. The highest BCUT2D eigenvalue weighted by molar-refractivity contribution is 7.91. The summed E-state index contributed by atoms with van der Waals surface area (Å²) >= 11 is 0. The average molecular weight is 368 g/mol. The fraction of sp³-hybridized carbons (Fsp3) is 0.632. The normalized spacial score (nSPS) is 21.0. The molecule has 25 heavy (non-hydrogen) atoms. The molecule has 1 amide bonds. The van der Waals surface area contributed by atoms with Crippen LogP contribution in [0.4, 0.5) is 0 Å². The Hall–Kier alpha value is -1.56. The fourth-order valence-electron chi connectivity index (χ4n) is 3.66. The van der Waals surface area contributed by atoms with Gasteiger partial charge in [-0.05, 0) is 31.7 Å². The van der Waals surface area contributed by atoms with E-state index >= 15 is 0 Å². The van der Waals surface area contributed by atoms with Crippen LogP contribution in [0.15, 0.2) is 18.2 Å². The number of rotatable bonds is 6. The molecule has 0 saturated heterocycles. The number of benzene rings is 1.